The first-order valence-corrected chi connectivity index (χ1v) is 7.98. The van der Waals surface area contributed by atoms with Crippen molar-refractivity contribution < 1.29 is 4.74 Å². The largest absolute Gasteiger partial charge is 0.373 e. The maximum atomic E-state index is 12.3. The summed E-state index contributed by atoms with van der Waals surface area (Å²) in [5, 5.41) is 13.7. The van der Waals surface area contributed by atoms with Crippen molar-refractivity contribution in [1.29, 1.82) is 5.26 Å². The highest BCUT2D eigenvalue weighted by Gasteiger charge is 2.27. The molecule has 0 spiro atoms. The molecule has 3 heterocycles. The van der Waals surface area contributed by atoms with Gasteiger partial charge in [0.25, 0.3) is 5.56 Å². The minimum absolute atomic E-state index is 0.0276. The Morgan fingerprint density at radius 3 is 2.76 bits per heavy atom. The van der Waals surface area contributed by atoms with Crippen LogP contribution in [-0.4, -0.2) is 44.7 Å². The monoisotopic (exact) mass is 344 g/mol. The summed E-state index contributed by atoms with van der Waals surface area (Å²) in [7, 11) is 2.94. The van der Waals surface area contributed by atoms with Crippen LogP contribution in [0, 0.1) is 18.3 Å². The molecule has 1 atom stereocenters. The van der Waals surface area contributed by atoms with Gasteiger partial charge in [0.1, 0.15) is 11.9 Å². The Labute approximate surface area is 144 Å². The van der Waals surface area contributed by atoms with E-state index in [2.05, 4.69) is 5.10 Å². The molecule has 0 radical (unpaired) electrons. The number of aryl methyl sites for hydroxylation is 1. The maximum Gasteiger partial charge on any atom is 0.332 e. The Balaban J connectivity index is 1.93. The van der Waals surface area contributed by atoms with Crippen LogP contribution in [0.1, 0.15) is 11.1 Å². The number of anilines is 1. The van der Waals surface area contributed by atoms with Gasteiger partial charge in [0.2, 0.25) is 0 Å². The van der Waals surface area contributed by atoms with Crippen molar-refractivity contribution >= 4 is 5.82 Å². The zero-order valence-electron chi connectivity index (χ0n) is 14.5. The Hall–Kier alpha value is -2.86. The SMILES string of the molecule is Cc1cnn(CC2CN(c3c(C#N)c(=O)n(C)c(=O)n3C)CCO2)c1. The molecule has 0 N–H and O–H groups in total. The molecule has 0 saturated carbocycles. The third-order valence-electron chi connectivity index (χ3n) is 4.34. The lowest BCUT2D eigenvalue weighted by molar-refractivity contribution is 0.0269. The second-order valence-electron chi connectivity index (χ2n) is 6.19. The molecule has 25 heavy (non-hydrogen) atoms. The number of rotatable bonds is 3. The third kappa shape index (κ3) is 3.08. The Morgan fingerprint density at radius 1 is 1.36 bits per heavy atom. The first kappa shape index (κ1) is 17.0. The predicted octanol–water partition coefficient (Wildman–Crippen LogP) is -0.634. The van der Waals surface area contributed by atoms with E-state index in [0.717, 1.165) is 10.1 Å². The summed E-state index contributed by atoms with van der Waals surface area (Å²) in [6, 6.07) is 1.94. The van der Waals surface area contributed by atoms with Crippen LogP contribution in [0.15, 0.2) is 22.0 Å². The standard InChI is InChI=1S/C16H20N6O3/c1-11-7-18-22(8-11)10-12-9-21(4-5-25-12)14-13(6-17)15(23)20(3)16(24)19(14)2/h7-8,12H,4-5,9-10H2,1-3H3. The van der Waals surface area contributed by atoms with Crippen LogP contribution < -0.4 is 16.1 Å². The van der Waals surface area contributed by atoms with E-state index < -0.39 is 11.2 Å². The van der Waals surface area contributed by atoms with Gasteiger partial charge in [-0.25, -0.2) is 4.79 Å². The van der Waals surface area contributed by atoms with E-state index in [9.17, 15) is 14.9 Å². The van der Waals surface area contributed by atoms with Crippen LogP contribution in [0.2, 0.25) is 0 Å². The molecule has 0 aromatic carbocycles. The summed E-state index contributed by atoms with van der Waals surface area (Å²) in [5.41, 5.74) is 0.00431. The number of aromatic nitrogens is 4. The van der Waals surface area contributed by atoms with E-state index in [4.69, 9.17) is 4.74 Å². The summed E-state index contributed by atoms with van der Waals surface area (Å²) in [4.78, 5) is 26.4. The number of ether oxygens (including phenoxy) is 1. The van der Waals surface area contributed by atoms with Crippen LogP contribution in [-0.2, 0) is 25.4 Å². The molecule has 2 aromatic rings. The molecular formula is C16H20N6O3. The summed E-state index contributed by atoms with van der Waals surface area (Å²) >= 11 is 0. The van der Waals surface area contributed by atoms with Crippen LogP contribution >= 0.6 is 0 Å². The van der Waals surface area contributed by atoms with E-state index in [0.29, 0.717) is 32.1 Å². The van der Waals surface area contributed by atoms with Crippen LogP contribution in [0.3, 0.4) is 0 Å². The van der Waals surface area contributed by atoms with Crippen molar-refractivity contribution in [1.82, 2.24) is 18.9 Å². The van der Waals surface area contributed by atoms with E-state index >= 15 is 0 Å². The molecule has 3 rings (SSSR count). The zero-order chi connectivity index (χ0) is 18.1. The first-order valence-electron chi connectivity index (χ1n) is 7.98. The van der Waals surface area contributed by atoms with Gasteiger partial charge in [-0.15, -0.1) is 0 Å². The highest BCUT2D eigenvalue weighted by molar-refractivity contribution is 5.53. The van der Waals surface area contributed by atoms with Gasteiger partial charge in [-0.2, -0.15) is 10.4 Å². The molecule has 0 aliphatic carbocycles. The van der Waals surface area contributed by atoms with Gasteiger partial charge in [-0.3, -0.25) is 18.6 Å². The molecule has 2 aromatic heterocycles. The second-order valence-corrected chi connectivity index (χ2v) is 6.19. The zero-order valence-corrected chi connectivity index (χ0v) is 14.5. The lowest BCUT2D eigenvalue weighted by Gasteiger charge is -2.35. The Kier molecular flexibility index (Phi) is 4.46. The topological polar surface area (TPSA) is 98.1 Å². The van der Waals surface area contributed by atoms with Crippen molar-refractivity contribution in [3.05, 3.63) is 44.4 Å². The number of hydrogen-bond donors (Lipinski definition) is 0. The third-order valence-corrected chi connectivity index (χ3v) is 4.34. The van der Waals surface area contributed by atoms with Crippen molar-refractivity contribution in [3.8, 4) is 6.07 Å². The minimum atomic E-state index is -0.577. The van der Waals surface area contributed by atoms with Gasteiger partial charge in [-0.05, 0) is 12.5 Å². The fourth-order valence-corrected chi connectivity index (χ4v) is 3.10. The van der Waals surface area contributed by atoms with E-state index in [1.165, 1.54) is 11.6 Å². The summed E-state index contributed by atoms with van der Waals surface area (Å²) in [6.07, 6.45) is 3.55. The first-order chi connectivity index (χ1) is 11.9. The molecule has 9 nitrogen and oxygen atoms in total. The van der Waals surface area contributed by atoms with Gasteiger partial charge < -0.3 is 9.64 Å². The van der Waals surface area contributed by atoms with Gasteiger partial charge in [0.05, 0.1) is 25.5 Å². The molecule has 0 bridgehead atoms. The quantitative estimate of drug-likeness (QED) is 0.735. The highest BCUT2D eigenvalue weighted by Crippen LogP contribution is 2.19. The van der Waals surface area contributed by atoms with Crippen molar-refractivity contribution in [2.45, 2.75) is 19.6 Å². The van der Waals surface area contributed by atoms with E-state index in [-0.39, 0.29) is 11.7 Å². The molecule has 1 saturated heterocycles. The molecule has 132 valence electrons. The maximum absolute atomic E-state index is 12.3. The van der Waals surface area contributed by atoms with Gasteiger partial charge >= 0.3 is 5.69 Å². The molecular weight excluding hydrogens is 324 g/mol. The van der Waals surface area contributed by atoms with Gasteiger partial charge in [0, 0.05) is 33.4 Å². The number of hydrogen-bond acceptors (Lipinski definition) is 6. The van der Waals surface area contributed by atoms with Crippen LogP contribution in [0.5, 0.6) is 0 Å². The van der Waals surface area contributed by atoms with Crippen LogP contribution in [0.4, 0.5) is 5.82 Å². The Bertz CT molecular complexity index is 948. The van der Waals surface area contributed by atoms with E-state index in [1.807, 2.05) is 24.1 Å². The average molecular weight is 344 g/mol. The van der Waals surface area contributed by atoms with Gasteiger partial charge in [0.15, 0.2) is 5.56 Å². The molecule has 1 unspecified atom stereocenters. The summed E-state index contributed by atoms with van der Waals surface area (Å²) in [5.74, 6) is 0.348. The molecule has 1 aliphatic rings. The van der Waals surface area contributed by atoms with Crippen molar-refractivity contribution in [3.63, 3.8) is 0 Å². The Morgan fingerprint density at radius 2 is 2.12 bits per heavy atom. The second kappa shape index (κ2) is 6.57. The number of morpholine rings is 1. The van der Waals surface area contributed by atoms with Gasteiger partial charge in [-0.1, -0.05) is 0 Å². The lowest BCUT2D eigenvalue weighted by Crippen LogP contribution is -2.49. The minimum Gasteiger partial charge on any atom is -0.373 e. The van der Waals surface area contributed by atoms with E-state index in [1.54, 1.807) is 17.9 Å². The normalized spacial score (nSPS) is 17.5. The number of nitriles is 1. The van der Waals surface area contributed by atoms with Crippen LogP contribution in [0.25, 0.3) is 0 Å². The predicted molar refractivity (Wildman–Crippen MR) is 90.6 cm³/mol. The fourth-order valence-electron chi connectivity index (χ4n) is 3.10. The summed E-state index contributed by atoms with van der Waals surface area (Å²) < 4.78 is 9.89. The van der Waals surface area contributed by atoms with Crippen molar-refractivity contribution in [2.24, 2.45) is 14.1 Å². The van der Waals surface area contributed by atoms with Crippen molar-refractivity contribution in [2.75, 3.05) is 24.6 Å². The molecule has 0 amide bonds. The molecule has 9 heteroatoms. The smallest absolute Gasteiger partial charge is 0.332 e. The highest BCUT2D eigenvalue weighted by atomic mass is 16.5. The molecule has 1 fully saturated rings. The molecule has 1 aliphatic heterocycles. The fraction of sp³-hybridized carbons (Fsp3) is 0.500. The summed E-state index contributed by atoms with van der Waals surface area (Å²) in [6.45, 7) is 3.94. The average Bonchev–Trinajstić information content (AvgIpc) is 3.01. The number of nitrogens with zero attached hydrogens (tertiary/aromatic N) is 6. The lowest BCUT2D eigenvalue weighted by atomic mass is 10.2.